The van der Waals surface area contributed by atoms with Gasteiger partial charge in [-0.1, -0.05) is 115 Å². The highest BCUT2D eigenvalue weighted by molar-refractivity contribution is 6.09. The Kier molecular flexibility index (Phi) is 6.08. The lowest BCUT2D eigenvalue weighted by Gasteiger charge is -2.12. The fraction of sp³-hybridized carbons (Fsp3) is 0. The predicted molar refractivity (Wildman–Crippen MR) is 140 cm³/mol. The average molecular weight is 425 g/mol. The van der Waals surface area contributed by atoms with Gasteiger partial charge in [-0.3, -0.25) is 0 Å². The van der Waals surface area contributed by atoms with E-state index in [0.29, 0.717) is 0 Å². The molecule has 0 bridgehead atoms. The van der Waals surface area contributed by atoms with Crippen LogP contribution < -0.4 is 5.32 Å². The molecule has 0 saturated carbocycles. The Balaban J connectivity index is 1.42. The van der Waals surface area contributed by atoms with Crippen LogP contribution in [0.3, 0.4) is 0 Å². The van der Waals surface area contributed by atoms with Gasteiger partial charge in [-0.2, -0.15) is 0 Å². The number of benzene rings is 5. The summed E-state index contributed by atoms with van der Waals surface area (Å²) in [6.07, 6.45) is 0. The van der Waals surface area contributed by atoms with E-state index in [0.717, 1.165) is 22.8 Å². The summed E-state index contributed by atoms with van der Waals surface area (Å²) in [5.41, 5.74) is 7.72. The summed E-state index contributed by atoms with van der Waals surface area (Å²) in [6.45, 7) is 0. The third-order valence-electron chi connectivity index (χ3n) is 5.52. The van der Waals surface area contributed by atoms with E-state index >= 15 is 0 Å². The Morgan fingerprint density at radius 2 is 0.848 bits per heavy atom. The van der Waals surface area contributed by atoms with Crippen molar-refractivity contribution < 1.29 is 0 Å². The molecule has 33 heavy (non-hydrogen) atoms. The molecule has 0 amide bonds. The standard InChI is InChI=1S/C31H24N2/c1-4-10-24(11-5-1)26-16-20-29(21-17-26)32-31(28-14-8-3-9-15-28)33-30-22-18-27(19-23-30)25-12-6-2-7-13-25/h1-23H,(H,32,33). The number of anilines is 1. The van der Waals surface area contributed by atoms with Crippen LogP contribution in [0.1, 0.15) is 5.56 Å². The van der Waals surface area contributed by atoms with Gasteiger partial charge in [-0.25, -0.2) is 4.99 Å². The minimum atomic E-state index is 0.815. The highest BCUT2D eigenvalue weighted by Crippen LogP contribution is 2.24. The number of nitrogens with zero attached hydrogens (tertiary/aromatic N) is 1. The third kappa shape index (κ3) is 5.08. The lowest BCUT2D eigenvalue weighted by atomic mass is 10.1. The van der Waals surface area contributed by atoms with Crippen LogP contribution in [0.5, 0.6) is 0 Å². The van der Waals surface area contributed by atoms with Gasteiger partial charge in [0.2, 0.25) is 0 Å². The summed E-state index contributed by atoms with van der Waals surface area (Å²) in [6, 6.07) is 47.8. The molecule has 0 saturated heterocycles. The maximum Gasteiger partial charge on any atom is 0.138 e. The van der Waals surface area contributed by atoms with E-state index in [4.69, 9.17) is 4.99 Å². The van der Waals surface area contributed by atoms with Crippen LogP contribution in [0, 0.1) is 0 Å². The molecular formula is C31H24N2. The SMILES string of the molecule is c1ccc(C(=Nc2ccc(-c3ccccc3)cc2)Nc2ccc(-c3ccccc3)cc2)cc1. The molecule has 0 atom stereocenters. The molecular weight excluding hydrogens is 400 g/mol. The minimum Gasteiger partial charge on any atom is -0.340 e. The second-order valence-corrected chi connectivity index (χ2v) is 7.81. The molecule has 0 spiro atoms. The highest BCUT2D eigenvalue weighted by atomic mass is 15.0. The summed E-state index contributed by atoms with van der Waals surface area (Å²) in [5.74, 6) is 0.815. The number of amidine groups is 1. The van der Waals surface area contributed by atoms with E-state index in [9.17, 15) is 0 Å². The largest absolute Gasteiger partial charge is 0.340 e. The van der Waals surface area contributed by atoms with Gasteiger partial charge in [-0.15, -0.1) is 0 Å². The summed E-state index contributed by atoms with van der Waals surface area (Å²) >= 11 is 0. The van der Waals surface area contributed by atoms with Crippen molar-refractivity contribution in [2.24, 2.45) is 4.99 Å². The molecule has 0 aliphatic carbocycles. The Morgan fingerprint density at radius 1 is 0.424 bits per heavy atom. The van der Waals surface area contributed by atoms with Crippen molar-refractivity contribution in [2.45, 2.75) is 0 Å². The smallest absolute Gasteiger partial charge is 0.138 e. The van der Waals surface area contributed by atoms with Gasteiger partial charge in [0.25, 0.3) is 0 Å². The first-order chi connectivity index (χ1) is 16.3. The molecule has 5 aromatic carbocycles. The van der Waals surface area contributed by atoms with Crippen LogP contribution in [0.2, 0.25) is 0 Å². The van der Waals surface area contributed by atoms with Crippen LogP contribution in [-0.2, 0) is 0 Å². The van der Waals surface area contributed by atoms with Crippen LogP contribution in [0.25, 0.3) is 22.3 Å². The second-order valence-electron chi connectivity index (χ2n) is 7.81. The number of rotatable bonds is 5. The van der Waals surface area contributed by atoms with Gasteiger partial charge in [0, 0.05) is 11.3 Å². The Bertz CT molecular complexity index is 1320. The zero-order valence-electron chi connectivity index (χ0n) is 18.2. The monoisotopic (exact) mass is 424 g/mol. The predicted octanol–water partition coefficient (Wildman–Crippen LogP) is 8.21. The Hall–Kier alpha value is -4.43. The maximum absolute atomic E-state index is 4.95. The molecule has 158 valence electrons. The van der Waals surface area contributed by atoms with E-state index < -0.39 is 0 Å². The van der Waals surface area contributed by atoms with Crippen LogP contribution in [0.15, 0.2) is 145 Å². The molecule has 0 unspecified atom stereocenters. The van der Waals surface area contributed by atoms with Gasteiger partial charge in [0.1, 0.15) is 5.84 Å². The zero-order valence-corrected chi connectivity index (χ0v) is 18.2. The van der Waals surface area contributed by atoms with Crippen molar-refractivity contribution in [3.05, 3.63) is 145 Å². The van der Waals surface area contributed by atoms with E-state index in [-0.39, 0.29) is 0 Å². The molecule has 5 rings (SSSR count). The third-order valence-corrected chi connectivity index (χ3v) is 5.52. The fourth-order valence-corrected chi connectivity index (χ4v) is 3.76. The van der Waals surface area contributed by atoms with Crippen molar-refractivity contribution in [3.8, 4) is 22.3 Å². The number of nitrogens with one attached hydrogen (secondary N) is 1. The summed E-state index contributed by atoms with van der Waals surface area (Å²) in [4.78, 5) is 4.95. The first-order valence-electron chi connectivity index (χ1n) is 11.1. The highest BCUT2D eigenvalue weighted by Gasteiger charge is 2.06. The topological polar surface area (TPSA) is 24.4 Å². The lowest BCUT2D eigenvalue weighted by molar-refractivity contribution is 1.46. The molecule has 2 heteroatoms. The first kappa shape index (κ1) is 20.5. The summed E-state index contributed by atoms with van der Waals surface area (Å²) in [7, 11) is 0. The lowest BCUT2D eigenvalue weighted by Crippen LogP contribution is -2.13. The number of hydrogen-bond donors (Lipinski definition) is 1. The van der Waals surface area contributed by atoms with Crippen LogP contribution >= 0.6 is 0 Å². The molecule has 0 aliphatic rings. The van der Waals surface area contributed by atoms with Crippen molar-refractivity contribution >= 4 is 17.2 Å². The molecule has 0 radical (unpaired) electrons. The zero-order chi connectivity index (χ0) is 22.3. The molecule has 0 aromatic heterocycles. The molecule has 0 aliphatic heterocycles. The fourth-order valence-electron chi connectivity index (χ4n) is 3.76. The van der Waals surface area contributed by atoms with E-state index in [1.54, 1.807) is 0 Å². The summed E-state index contributed by atoms with van der Waals surface area (Å²) < 4.78 is 0. The van der Waals surface area contributed by atoms with Gasteiger partial charge < -0.3 is 5.32 Å². The first-order valence-corrected chi connectivity index (χ1v) is 11.1. The quantitative estimate of drug-likeness (QED) is 0.223. The second kappa shape index (κ2) is 9.80. The molecule has 5 aromatic rings. The molecule has 2 nitrogen and oxygen atoms in total. The molecule has 0 heterocycles. The minimum absolute atomic E-state index is 0.815. The van der Waals surface area contributed by atoms with Gasteiger partial charge >= 0.3 is 0 Å². The normalized spacial score (nSPS) is 11.2. The van der Waals surface area contributed by atoms with Gasteiger partial charge in [0.05, 0.1) is 5.69 Å². The van der Waals surface area contributed by atoms with E-state index in [1.807, 2.05) is 30.3 Å². The summed E-state index contributed by atoms with van der Waals surface area (Å²) in [5, 5.41) is 3.52. The van der Waals surface area contributed by atoms with Crippen molar-refractivity contribution in [3.63, 3.8) is 0 Å². The van der Waals surface area contributed by atoms with Gasteiger partial charge in [-0.05, 0) is 46.5 Å². The van der Waals surface area contributed by atoms with Crippen LogP contribution in [-0.4, -0.2) is 5.84 Å². The number of hydrogen-bond acceptors (Lipinski definition) is 1. The molecule has 0 fully saturated rings. The Morgan fingerprint density at radius 3 is 1.36 bits per heavy atom. The van der Waals surface area contributed by atoms with Gasteiger partial charge in [0.15, 0.2) is 0 Å². The van der Waals surface area contributed by atoms with Crippen LogP contribution in [0.4, 0.5) is 11.4 Å². The van der Waals surface area contributed by atoms with E-state index in [1.165, 1.54) is 22.3 Å². The van der Waals surface area contributed by atoms with Crippen molar-refractivity contribution in [2.75, 3.05) is 5.32 Å². The average Bonchev–Trinajstić information content (AvgIpc) is 2.91. The van der Waals surface area contributed by atoms with E-state index in [2.05, 4.69) is 115 Å². The van der Waals surface area contributed by atoms with Crippen molar-refractivity contribution in [1.29, 1.82) is 0 Å². The Labute approximate surface area is 194 Å². The molecule has 1 N–H and O–H groups in total. The number of aliphatic imine (C=N–C) groups is 1. The maximum atomic E-state index is 4.95. The van der Waals surface area contributed by atoms with Crippen molar-refractivity contribution in [1.82, 2.24) is 0 Å².